The number of aryl methyl sites for hydroxylation is 2. The molecule has 0 saturated carbocycles. The molecule has 0 bridgehead atoms. The van der Waals surface area contributed by atoms with Gasteiger partial charge in [0.1, 0.15) is 6.54 Å². The molecular formula is C19H19N3O5S. The number of anilines is 1. The molecule has 0 radical (unpaired) electrons. The Morgan fingerprint density at radius 2 is 1.86 bits per heavy atom. The highest BCUT2D eigenvalue weighted by Gasteiger charge is 2.17. The first kappa shape index (κ1) is 21.1. The summed E-state index contributed by atoms with van der Waals surface area (Å²) in [6.07, 6.45) is 0. The van der Waals surface area contributed by atoms with E-state index < -0.39 is 35.1 Å². The number of nitrogens with one attached hydrogen (secondary N) is 2. The van der Waals surface area contributed by atoms with Crippen LogP contribution < -0.4 is 10.0 Å². The van der Waals surface area contributed by atoms with E-state index in [2.05, 4.69) is 10.0 Å². The standard InChI is InChI=1S/C19H19N3O5S/c1-13-6-7-17(8-14(13)2)28(25,26)21-11-19(24)27-12-18(23)22-16-5-3-4-15(9-16)10-20/h3-9,21H,11-12H2,1-2H3,(H,22,23). The molecule has 0 saturated heterocycles. The van der Waals surface area contributed by atoms with Crippen molar-refractivity contribution in [2.24, 2.45) is 0 Å². The zero-order valence-corrected chi connectivity index (χ0v) is 16.2. The molecular weight excluding hydrogens is 382 g/mol. The fraction of sp³-hybridized carbons (Fsp3) is 0.211. The molecule has 0 atom stereocenters. The van der Waals surface area contributed by atoms with Gasteiger partial charge in [0.2, 0.25) is 10.0 Å². The van der Waals surface area contributed by atoms with Crippen molar-refractivity contribution in [2.75, 3.05) is 18.5 Å². The van der Waals surface area contributed by atoms with Gasteiger partial charge in [0.15, 0.2) is 6.61 Å². The molecule has 0 unspecified atom stereocenters. The zero-order chi connectivity index (χ0) is 20.7. The minimum Gasteiger partial charge on any atom is -0.455 e. The number of nitriles is 1. The molecule has 2 aromatic carbocycles. The summed E-state index contributed by atoms with van der Waals surface area (Å²) in [6, 6.07) is 12.8. The maximum atomic E-state index is 12.2. The third-order valence-electron chi connectivity index (χ3n) is 3.83. The van der Waals surface area contributed by atoms with Gasteiger partial charge in [-0.3, -0.25) is 9.59 Å². The topological polar surface area (TPSA) is 125 Å². The minimum atomic E-state index is -3.87. The van der Waals surface area contributed by atoms with Crippen LogP contribution in [0.4, 0.5) is 5.69 Å². The number of hydrogen-bond donors (Lipinski definition) is 2. The van der Waals surface area contributed by atoms with Gasteiger partial charge in [-0.1, -0.05) is 12.1 Å². The lowest BCUT2D eigenvalue weighted by Gasteiger charge is -2.09. The minimum absolute atomic E-state index is 0.0403. The van der Waals surface area contributed by atoms with Gasteiger partial charge in [-0.2, -0.15) is 9.98 Å². The molecule has 0 fully saturated rings. The van der Waals surface area contributed by atoms with Crippen LogP contribution in [0.3, 0.4) is 0 Å². The first-order valence-electron chi connectivity index (χ1n) is 8.24. The zero-order valence-electron chi connectivity index (χ0n) is 15.4. The molecule has 1 amide bonds. The van der Waals surface area contributed by atoms with Crippen LogP contribution in [0, 0.1) is 25.2 Å². The van der Waals surface area contributed by atoms with E-state index in [-0.39, 0.29) is 4.90 Å². The monoisotopic (exact) mass is 401 g/mol. The predicted octanol–water partition coefficient (Wildman–Crippen LogP) is 1.64. The number of hydrogen-bond acceptors (Lipinski definition) is 6. The highest BCUT2D eigenvalue weighted by Crippen LogP contribution is 2.14. The fourth-order valence-electron chi connectivity index (χ4n) is 2.18. The second-order valence-corrected chi connectivity index (χ2v) is 7.74. The van der Waals surface area contributed by atoms with E-state index in [0.29, 0.717) is 11.3 Å². The number of carbonyl (C=O) groups is 2. The van der Waals surface area contributed by atoms with Crippen molar-refractivity contribution in [3.63, 3.8) is 0 Å². The molecule has 2 rings (SSSR count). The van der Waals surface area contributed by atoms with E-state index >= 15 is 0 Å². The van der Waals surface area contributed by atoms with E-state index in [1.54, 1.807) is 31.2 Å². The van der Waals surface area contributed by atoms with E-state index in [0.717, 1.165) is 11.1 Å². The number of esters is 1. The summed E-state index contributed by atoms with van der Waals surface area (Å²) in [5.41, 5.74) is 2.51. The molecule has 9 heteroatoms. The van der Waals surface area contributed by atoms with E-state index in [9.17, 15) is 18.0 Å². The molecule has 0 aliphatic rings. The van der Waals surface area contributed by atoms with Crippen molar-refractivity contribution in [1.82, 2.24) is 4.72 Å². The number of rotatable bonds is 7. The summed E-state index contributed by atoms with van der Waals surface area (Å²) in [7, 11) is -3.87. The van der Waals surface area contributed by atoms with Crippen molar-refractivity contribution in [3.05, 3.63) is 59.2 Å². The number of nitrogens with zero attached hydrogens (tertiary/aromatic N) is 1. The van der Waals surface area contributed by atoms with E-state index in [1.165, 1.54) is 18.2 Å². The summed E-state index contributed by atoms with van der Waals surface area (Å²) in [4.78, 5) is 23.6. The largest absolute Gasteiger partial charge is 0.455 e. The molecule has 2 aromatic rings. The SMILES string of the molecule is Cc1ccc(S(=O)(=O)NCC(=O)OCC(=O)Nc2cccc(C#N)c2)cc1C. The maximum absolute atomic E-state index is 12.2. The van der Waals surface area contributed by atoms with Gasteiger partial charge >= 0.3 is 5.97 Å². The first-order chi connectivity index (χ1) is 13.2. The highest BCUT2D eigenvalue weighted by atomic mass is 32.2. The van der Waals surface area contributed by atoms with Crippen LogP contribution >= 0.6 is 0 Å². The number of amides is 1. The van der Waals surface area contributed by atoms with Crippen LogP contribution in [0.1, 0.15) is 16.7 Å². The van der Waals surface area contributed by atoms with Gasteiger partial charge in [-0.15, -0.1) is 0 Å². The van der Waals surface area contributed by atoms with Gasteiger partial charge in [0, 0.05) is 5.69 Å². The van der Waals surface area contributed by atoms with Gasteiger partial charge in [0.25, 0.3) is 5.91 Å². The summed E-state index contributed by atoms with van der Waals surface area (Å²) < 4.78 is 31.3. The summed E-state index contributed by atoms with van der Waals surface area (Å²) >= 11 is 0. The molecule has 0 spiro atoms. The first-order valence-corrected chi connectivity index (χ1v) is 9.72. The molecule has 146 valence electrons. The van der Waals surface area contributed by atoms with Crippen LogP contribution in [0.15, 0.2) is 47.4 Å². The number of sulfonamides is 1. The molecule has 28 heavy (non-hydrogen) atoms. The summed E-state index contributed by atoms with van der Waals surface area (Å²) in [6.45, 7) is 2.46. The molecule has 0 aliphatic carbocycles. The second kappa shape index (κ2) is 9.12. The van der Waals surface area contributed by atoms with Crippen LogP contribution in [-0.2, 0) is 24.3 Å². The number of carbonyl (C=O) groups excluding carboxylic acids is 2. The van der Waals surface area contributed by atoms with Gasteiger partial charge < -0.3 is 10.1 Å². The Morgan fingerprint density at radius 1 is 1.11 bits per heavy atom. The summed E-state index contributed by atoms with van der Waals surface area (Å²) in [5, 5.41) is 11.3. The van der Waals surface area contributed by atoms with Crippen LogP contribution in [0.2, 0.25) is 0 Å². The molecule has 0 aromatic heterocycles. The van der Waals surface area contributed by atoms with Crippen molar-refractivity contribution >= 4 is 27.6 Å². The lowest BCUT2D eigenvalue weighted by atomic mass is 10.1. The average molecular weight is 401 g/mol. The second-order valence-electron chi connectivity index (χ2n) is 5.97. The molecule has 8 nitrogen and oxygen atoms in total. The van der Waals surface area contributed by atoms with Crippen molar-refractivity contribution in [3.8, 4) is 6.07 Å². The molecule has 0 aliphatic heterocycles. The van der Waals surface area contributed by atoms with Crippen LogP contribution in [0.25, 0.3) is 0 Å². The lowest BCUT2D eigenvalue weighted by Crippen LogP contribution is -2.32. The number of benzene rings is 2. The smallest absolute Gasteiger partial charge is 0.321 e. The molecule has 0 heterocycles. The highest BCUT2D eigenvalue weighted by molar-refractivity contribution is 7.89. The summed E-state index contributed by atoms with van der Waals surface area (Å²) in [5.74, 6) is -1.51. The van der Waals surface area contributed by atoms with Gasteiger partial charge in [0.05, 0.1) is 16.5 Å². The Hall–Kier alpha value is -3.22. The maximum Gasteiger partial charge on any atom is 0.321 e. The number of ether oxygens (including phenoxy) is 1. The fourth-order valence-corrected chi connectivity index (χ4v) is 3.23. The molecule has 2 N–H and O–H groups in total. The Balaban J connectivity index is 1.84. The Morgan fingerprint density at radius 3 is 2.54 bits per heavy atom. The predicted molar refractivity (Wildman–Crippen MR) is 102 cm³/mol. The normalized spacial score (nSPS) is 10.8. The lowest BCUT2D eigenvalue weighted by molar-refractivity contribution is -0.146. The van der Waals surface area contributed by atoms with Gasteiger partial charge in [-0.05, 0) is 55.3 Å². The van der Waals surface area contributed by atoms with Crippen molar-refractivity contribution in [1.29, 1.82) is 5.26 Å². The van der Waals surface area contributed by atoms with Crippen LogP contribution in [0.5, 0.6) is 0 Å². The van der Waals surface area contributed by atoms with Crippen molar-refractivity contribution < 1.29 is 22.7 Å². The Labute approximate surface area is 163 Å². The quantitative estimate of drug-likeness (QED) is 0.680. The van der Waals surface area contributed by atoms with E-state index in [4.69, 9.17) is 10.00 Å². The Bertz CT molecular complexity index is 1040. The Kier molecular flexibility index (Phi) is 6.87. The average Bonchev–Trinajstić information content (AvgIpc) is 2.67. The third kappa shape index (κ3) is 5.90. The van der Waals surface area contributed by atoms with Crippen LogP contribution in [-0.4, -0.2) is 33.4 Å². The van der Waals surface area contributed by atoms with Gasteiger partial charge in [-0.25, -0.2) is 8.42 Å². The van der Waals surface area contributed by atoms with Crippen molar-refractivity contribution in [2.45, 2.75) is 18.7 Å². The van der Waals surface area contributed by atoms with E-state index in [1.807, 2.05) is 13.0 Å². The third-order valence-corrected chi connectivity index (χ3v) is 5.23.